The fourth-order valence-corrected chi connectivity index (χ4v) is 2.42. The van der Waals surface area contributed by atoms with Gasteiger partial charge in [0.2, 0.25) is 0 Å². The topological polar surface area (TPSA) is 105 Å². The van der Waals surface area contributed by atoms with Gasteiger partial charge in [-0.15, -0.1) is 0 Å². The highest BCUT2D eigenvalue weighted by atomic mass is 79.9. The second-order valence-corrected chi connectivity index (χ2v) is 6.74. The molecule has 2 aromatic carbocycles. The Balaban J connectivity index is 2.29. The van der Waals surface area contributed by atoms with Crippen molar-refractivity contribution < 1.29 is 24.2 Å². The van der Waals surface area contributed by atoms with Gasteiger partial charge in [-0.2, -0.15) is 0 Å². The lowest BCUT2D eigenvalue weighted by Crippen LogP contribution is -2.42. The van der Waals surface area contributed by atoms with E-state index in [1.165, 1.54) is 20.1 Å². The fraction of sp³-hybridized carbons (Fsp3) is 0.150. The molecule has 0 saturated carbocycles. The van der Waals surface area contributed by atoms with Crippen molar-refractivity contribution in [1.82, 2.24) is 10.6 Å². The molecule has 8 heteroatoms. The van der Waals surface area contributed by atoms with Gasteiger partial charge >= 0.3 is 5.97 Å². The minimum atomic E-state index is -1.18. The predicted octanol–water partition coefficient (Wildman–Crippen LogP) is 2.82. The SMILES string of the molecule is COc1ccc(C=C(NC(=O)c2ccc(Br)cc2)C(=O)NC(C)C(=O)O)cc1. The molecular weight excluding hydrogens is 428 g/mol. The van der Waals surface area contributed by atoms with E-state index in [1.54, 1.807) is 48.5 Å². The van der Waals surface area contributed by atoms with E-state index in [2.05, 4.69) is 26.6 Å². The summed E-state index contributed by atoms with van der Waals surface area (Å²) in [5.41, 5.74) is 0.902. The molecule has 0 fully saturated rings. The van der Waals surface area contributed by atoms with Crippen molar-refractivity contribution in [3.63, 3.8) is 0 Å². The van der Waals surface area contributed by atoms with Crippen LogP contribution < -0.4 is 15.4 Å². The summed E-state index contributed by atoms with van der Waals surface area (Å²) in [6, 6.07) is 12.3. The molecule has 0 aliphatic carbocycles. The number of methoxy groups -OCH3 is 1. The zero-order chi connectivity index (χ0) is 20.7. The maximum absolute atomic E-state index is 12.5. The average Bonchev–Trinajstić information content (AvgIpc) is 2.68. The molecule has 2 rings (SSSR count). The van der Waals surface area contributed by atoms with E-state index in [9.17, 15) is 14.4 Å². The zero-order valence-corrected chi connectivity index (χ0v) is 16.8. The Labute approximate surface area is 170 Å². The smallest absolute Gasteiger partial charge is 0.325 e. The summed E-state index contributed by atoms with van der Waals surface area (Å²) in [6.07, 6.45) is 1.46. The van der Waals surface area contributed by atoms with Gasteiger partial charge in [0.05, 0.1) is 7.11 Å². The van der Waals surface area contributed by atoms with Gasteiger partial charge in [-0.1, -0.05) is 28.1 Å². The van der Waals surface area contributed by atoms with Gasteiger partial charge in [0, 0.05) is 10.0 Å². The number of carbonyl (C=O) groups excluding carboxylic acids is 2. The highest BCUT2D eigenvalue weighted by Crippen LogP contribution is 2.15. The second-order valence-electron chi connectivity index (χ2n) is 5.83. The normalized spacial score (nSPS) is 12.0. The van der Waals surface area contributed by atoms with Gasteiger partial charge in [0.15, 0.2) is 0 Å². The van der Waals surface area contributed by atoms with Crippen LogP contribution in [0.3, 0.4) is 0 Å². The molecule has 2 aromatic rings. The first kappa shape index (κ1) is 21.2. The van der Waals surface area contributed by atoms with Gasteiger partial charge in [-0.25, -0.2) is 0 Å². The van der Waals surface area contributed by atoms with Crippen molar-refractivity contribution >= 4 is 39.8 Å². The molecule has 2 amide bonds. The van der Waals surface area contributed by atoms with Crippen LogP contribution in [0, 0.1) is 0 Å². The van der Waals surface area contributed by atoms with Gasteiger partial charge < -0.3 is 20.5 Å². The van der Waals surface area contributed by atoms with Crippen molar-refractivity contribution in [3.8, 4) is 5.75 Å². The number of nitrogens with one attached hydrogen (secondary N) is 2. The molecule has 0 aliphatic heterocycles. The van der Waals surface area contributed by atoms with E-state index in [-0.39, 0.29) is 5.70 Å². The maximum Gasteiger partial charge on any atom is 0.325 e. The van der Waals surface area contributed by atoms with Crippen LogP contribution in [0.15, 0.2) is 58.7 Å². The summed E-state index contributed by atoms with van der Waals surface area (Å²) in [5, 5.41) is 13.9. The molecule has 1 unspecified atom stereocenters. The van der Waals surface area contributed by atoms with Crippen molar-refractivity contribution in [1.29, 1.82) is 0 Å². The molecule has 0 bridgehead atoms. The summed E-state index contributed by atoms with van der Waals surface area (Å²) in [6.45, 7) is 1.34. The molecule has 0 spiro atoms. The number of carbonyl (C=O) groups is 3. The fourth-order valence-electron chi connectivity index (χ4n) is 2.16. The second kappa shape index (κ2) is 9.70. The molecule has 1 atom stereocenters. The van der Waals surface area contributed by atoms with E-state index in [0.717, 1.165) is 4.47 Å². The molecule has 3 N–H and O–H groups in total. The molecule has 7 nitrogen and oxygen atoms in total. The standard InChI is InChI=1S/C20H19BrN2O5/c1-12(20(26)27)22-19(25)17(11-13-3-9-16(28-2)10-4-13)23-18(24)14-5-7-15(21)8-6-14/h3-12H,1-2H3,(H,22,25)(H,23,24)(H,26,27). The number of benzene rings is 2. The third-order valence-corrected chi connectivity index (χ3v) is 4.27. The third kappa shape index (κ3) is 5.95. The van der Waals surface area contributed by atoms with E-state index in [4.69, 9.17) is 9.84 Å². The number of aliphatic carboxylic acids is 1. The van der Waals surface area contributed by atoms with Crippen molar-refractivity contribution in [2.45, 2.75) is 13.0 Å². The third-order valence-electron chi connectivity index (χ3n) is 3.74. The first-order chi connectivity index (χ1) is 13.3. The number of halogens is 1. The molecule has 146 valence electrons. The van der Waals surface area contributed by atoms with E-state index < -0.39 is 23.8 Å². The Kier molecular flexibility index (Phi) is 7.34. The first-order valence-electron chi connectivity index (χ1n) is 8.26. The van der Waals surface area contributed by atoms with Crippen molar-refractivity contribution in [2.24, 2.45) is 0 Å². The number of hydrogen-bond acceptors (Lipinski definition) is 4. The lowest BCUT2D eigenvalue weighted by molar-refractivity contribution is -0.140. The maximum atomic E-state index is 12.5. The zero-order valence-electron chi connectivity index (χ0n) is 15.2. The Morgan fingerprint density at radius 2 is 1.68 bits per heavy atom. The van der Waals surface area contributed by atoms with Gasteiger partial charge in [0.1, 0.15) is 17.5 Å². The molecule has 0 saturated heterocycles. The largest absolute Gasteiger partial charge is 0.497 e. The lowest BCUT2D eigenvalue weighted by atomic mass is 10.1. The van der Waals surface area contributed by atoms with Crippen LogP contribution in [-0.4, -0.2) is 36.0 Å². The van der Waals surface area contributed by atoms with Crippen molar-refractivity contribution in [2.75, 3.05) is 7.11 Å². The Hall–Kier alpha value is -3.13. The van der Waals surface area contributed by atoms with Crippen LogP contribution in [0.25, 0.3) is 6.08 Å². The molecule has 28 heavy (non-hydrogen) atoms. The van der Waals surface area contributed by atoms with Crippen LogP contribution in [0.4, 0.5) is 0 Å². The van der Waals surface area contributed by atoms with Gasteiger partial charge in [-0.3, -0.25) is 14.4 Å². The van der Waals surface area contributed by atoms with Gasteiger partial charge in [-0.05, 0) is 55.0 Å². The summed E-state index contributed by atoms with van der Waals surface area (Å²) in [4.78, 5) is 36.0. The highest BCUT2D eigenvalue weighted by molar-refractivity contribution is 9.10. The minimum Gasteiger partial charge on any atom is -0.497 e. The molecule has 0 radical (unpaired) electrons. The predicted molar refractivity (Wildman–Crippen MR) is 108 cm³/mol. The minimum absolute atomic E-state index is 0.0776. The number of rotatable bonds is 7. The Morgan fingerprint density at radius 3 is 2.21 bits per heavy atom. The van der Waals surface area contributed by atoms with Crippen molar-refractivity contribution in [3.05, 3.63) is 69.8 Å². The highest BCUT2D eigenvalue weighted by Gasteiger charge is 2.19. The number of amides is 2. The van der Waals surface area contributed by atoms with E-state index >= 15 is 0 Å². The Morgan fingerprint density at radius 1 is 1.07 bits per heavy atom. The van der Waals surface area contributed by atoms with E-state index in [0.29, 0.717) is 16.9 Å². The quantitative estimate of drug-likeness (QED) is 0.567. The summed E-state index contributed by atoms with van der Waals surface area (Å²) >= 11 is 3.29. The Bertz CT molecular complexity index is 892. The summed E-state index contributed by atoms with van der Waals surface area (Å²) < 4.78 is 5.90. The van der Waals surface area contributed by atoms with Crippen LogP contribution in [0.2, 0.25) is 0 Å². The van der Waals surface area contributed by atoms with Crippen LogP contribution in [-0.2, 0) is 9.59 Å². The molecule has 0 aromatic heterocycles. The number of carboxylic acids is 1. The summed E-state index contributed by atoms with van der Waals surface area (Å²) in [7, 11) is 1.54. The molecular formula is C20H19BrN2O5. The summed E-state index contributed by atoms with van der Waals surface area (Å²) in [5.74, 6) is -1.75. The van der Waals surface area contributed by atoms with E-state index in [1.807, 2.05) is 0 Å². The van der Waals surface area contributed by atoms with Crippen LogP contribution >= 0.6 is 15.9 Å². The van der Waals surface area contributed by atoms with Crippen LogP contribution in [0.1, 0.15) is 22.8 Å². The number of hydrogen-bond donors (Lipinski definition) is 3. The van der Waals surface area contributed by atoms with Crippen LogP contribution in [0.5, 0.6) is 5.75 Å². The van der Waals surface area contributed by atoms with Gasteiger partial charge in [0.25, 0.3) is 11.8 Å². The number of carboxylic acid groups (broad SMARTS) is 1. The first-order valence-corrected chi connectivity index (χ1v) is 9.06. The number of ether oxygens (including phenoxy) is 1. The molecule has 0 heterocycles. The lowest BCUT2D eigenvalue weighted by Gasteiger charge is -2.13. The molecule has 0 aliphatic rings. The average molecular weight is 447 g/mol. The monoisotopic (exact) mass is 446 g/mol.